The highest BCUT2D eigenvalue weighted by molar-refractivity contribution is 8.23. The van der Waals surface area contributed by atoms with Crippen molar-refractivity contribution in [3.05, 3.63) is 0 Å². The molecule has 0 spiro atoms. The molecule has 0 saturated carbocycles. The van der Waals surface area contributed by atoms with Gasteiger partial charge in [0.15, 0.2) is 0 Å². The molecule has 15 heavy (non-hydrogen) atoms. The smallest absolute Gasteiger partial charge is 0.238 e. The molecule has 0 aromatic rings. The second-order valence-electron chi connectivity index (χ2n) is 3.49. The zero-order chi connectivity index (χ0) is 11.3. The SMILES string of the molecule is CCCCC(=O)CCN1C(=O)CSC1=S. The van der Waals surface area contributed by atoms with Crippen molar-refractivity contribution in [2.24, 2.45) is 0 Å². The normalized spacial score (nSPS) is 16.2. The van der Waals surface area contributed by atoms with Crippen LogP contribution in [0.15, 0.2) is 0 Å². The van der Waals surface area contributed by atoms with Crippen molar-refractivity contribution in [3.8, 4) is 0 Å². The third-order valence-electron chi connectivity index (χ3n) is 2.26. The zero-order valence-corrected chi connectivity index (χ0v) is 10.5. The molecule has 0 aromatic carbocycles. The van der Waals surface area contributed by atoms with Gasteiger partial charge in [-0.25, -0.2) is 0 Å². The van der Waals surface area contributed by atoms with Gasteiger partial charge in [0.05, 0.1) is 5.75 Å². The highest BCUT2D eigenvalue weighted by Crippen LogP contribution is 2.19. The summed E-state index contributed by atoms with van der Waals surface area (Å²) in [5.41, 5.74) is 0. The first-order valence-corrected chi connectivity index (χ1v) is 6.53. The van der Waals surface area contributed by atoms with Crippen LogP contribution in [0.2, 0.25) is 0 Å². The number of ketones is 1. The van der Waals surface area contributed by atoms with Crippen molar-refractivity contribution in [1.82, 2.24) is 4.90 Å². The van der Waals surface area contributed by atoms with E-state index in [1.54, 1.807) is 4.90 Å². The molecule has 1 fully saturated rings. The zero-order valence-electron chi connectivity index (χ0n) is 8.82. The van der Waals surface area contributed by atoms with Crippen molar-refractivity contribution in [2.45, 2.75) is 32.6 Å². The van der Waals surface area contributed by atoms with E-state index in [1.165, 1.54) is 11.8 Å². The van der Waals surface area contributed by atoms with Gasteiger partial charge in [-0.1, -0.05) is 37.3 Å². The fourth-order valence-corrected chi connectivity index (χ4v) is 2.45. The van der Waals surface area contributed by atoms with Crippen LogP contribution >= 0.6 is 24.0 Å². The molecule has 0 aromatic heterocycles. The molecule has 0 bridgehead atoms. The van der Waals surface area contributed by atoms with Crippen LogP contribution in [0.25, 0.3) is 0 Å². The lowest BCUT2D eigenvalue weighted by Gasteiger charge is -2.13. The highest BCUT2D eigenvalue weighted by atomic mass is 32.2. The lowest BCUT2D eigenvalue weighted by atomic mass is 10.1. The average molecular weight is 245 g/mol. The van der Waals surface area contributed by atoms with E-state index in [-0.39, 0.29) is 11.7 Å². The molecular formula is C10H15NO2S2. The molecule has 0 unspecified atom stereocenters. The van der Waals surface area contributed by atoms with E-state index in [1.807, 2.05) is 0 Å². The third kappa shape index (κ3) is 3.91. The van der Waals surface area contributed by atoms with E-state index in [0.29, 0.717) is 29.5 Å². The van der Waals surface area contributed by atoms with Crippen LogP contribution in [0, 0.1) is 0 Å². The first-order valence-electron chi connectivity index (χ1n) is 5.14. The van der Waals surface area contributed by atoms with Crippen LogP contribution in [0.5, 0.6) is 0 Å². The number of nitrogens with zero attached hydrogens (tertiary/aromatic N) is 1. The second kappa shape index (κ2) is 6.23. The molecule has 3 nitrogen and oxygen atoms in total. The predicted octanol–water partition coefficient (Wildman–Crippen LogP) is 2.00. The van der Waals surface area contributed by atoms with Gasteiger partial charge in [-0.3, -0.25) is 14.5 Å². The van der Waals surface area contributed by atoms with E-state index >= 15 is 0 Å². The Morgan fingerprint density at radius 1 is 1.53 bits per heavy atom. The van der Waals surface area contributed by atoms with Gasteiger partial charge in [0.25, 0.3) is 0 Å². The average Bonchev–Trinajstić information content (AvgIpc) is 2.53. The van der Waals surface area contributed by atoms with Crippen molar-refractivity contribution >= 4 is 40.0 Å². The number of rotatable bonds is 6. The van der Waals surface area contributed by atoms with Crippen molar-refractivity contribution in [1.29, 1.82) is 0 Å². The van der Waals surface area contributed by atoms with Crippen LogP contribution in [-0.2, 0) is 9.59 Å². The minimum Gasteiger partial charge on any atom is -0.300 e. The fraction of sp³-hybridized carbons (Fsp3) is 0.700. The Morgan fingerprint density at radius 3 is 2.80 bits per heavy atom. The molecule has 1 heterocycles. The molecule has 1 amide bonds. The van der Waals surface area contributed by atoms with Crippen molar-refractivity contribution in [2.75, 3.05) is 12.3 Å². The molecule has 0 atom stereocenters. The summed E-state index contributed by atoms with van der Waals surface area (Å²) in [5.74, 6) is 0.694. The Hall–Kier alpha value is -0.420. The van der Waals surface area contributed by atoms with Gasteiger partial charge < -0.3 is 0 Å². The lowest BCUT2D eigenvalue weighted by Crippen LogP contribution is -2.30. The minimum absolute atomic E-state index is 0.0355. The summed E-state index contributed by atoms with van der Waals surface area (Å²) in [5, 5.41) is 0. The quantitative estimate of drug-likeness (QED) is 0.671. The van der Waals surface area contributed by atoms with E-state index in [0.717, 1.165) is 12.8 Å². The number of carbonyl (C=O) groups excluding carboxylic acids is 2. The monoisotopic (exact) mass is 245 g/mol. The van der Waals surface area contributed by atoms with Crippen LogP contribution in [0.3, 0.4) is 0 Å². The lowest BCUT2D eigenvalue weighted by molar-refractivity contribution is -0.124. The van der Waals surface area contributed by atoms with E-state index in [9.17, 15) is 9.59 Å². The van der Waals surface area contributed by atoms with Gasteiger partial charge in [-0.2, -0.15) is 0 Å². The predicted molar refractivity (Wildman–Crippen MR) is 65.9 cm³/mol. The summed E-state index contributed by atoms with van der Waals surface area (Å²) in [7, 11) is 0. The minimum atomic E-state index is 0.0355. The number of carbonyl (C=O) groups is 2. The van der Waals surface area contributed by atoms with Gasteiger partial charge in [0.2, 0.25) is 5.91 Å². The van der Waals surface area contributed by atoms with Gasteiger partial charge in [-0.15, -0.1) is 0 Å². The highest BCUT2D eigenvalue weighted by Gasteiger charge is 2.26. The van der Waals surface area contributed by atoms with Crippen molar-refractivity contribution < 1.29 is 9.59 Å². The summed E-state index contributed by atoms with van der Waals surface area (Å²) in [6.45, 7) is 2.52. The van der Waals surface area contributed by atoms with Gasteiger partial charge in [-0.05, 0) is 6.42 Å². The molecule has 84 valence electrons. The molecule has 0 radical (unpaired) electrons. The van der Waals surface area contributed by atoms with E-state index < -0.39 is 0 Å². The van der Waals surface area contributed by atoms with Gasteiger partial charge >= 0.3 is 0 Å². The molecule has 1 aliphatic heterocycles. The number of hydrogen-bond acceptors (Lipinski definition) is 4. The largest absolute Gasteiger partial charge is 0.300 e. The number of amides is 1. The molecule has 0 aliphatic carbocycles. The summed E-state index contributed by atoms with van der Waals surface area (Å²) in [4.78, 5) is 24.2. The topological polar surface area (TPSA) is 37.4 Å². The van der Waals surface area contributed by atoms with Gasteiger partial charge in [0, 0.05) is 19.4 Å². The Morgan fingerprint density at radius 2 is 2.27 bits per heavy atom. The van der Waals surface area contributed by atoms with Crippen LogP contribution < -0.4 is 0 Å². The maximum atomic E-state index is 11.4. The molecule has 1 aliphatic rings. The standard InChI is InChI=1S/C10H15NO2S2/c1-2-3-4-8(12)5-6-11-9(13)7-15-10(11)14/h2-7H2,1H3. The van der Waals surface area contributed by atoms with Crippen LogP contribution in [0.1, 0.15) is 32.6 Å². The number of Topliss-reactive ketones (excluding diaryl/α,β-unsaturated/α-hetero) is 1. The number of unbranched alkanes of at least 4 members (excludes halogenated alkanes) is 1. The molecule has 1 rings (SSSR count). The summed E-state index contributed by atoms with van der Waals surface area (Å²) >= 11 is 6.39. The molecule has 1 saturated heterocycles. The van der Waals surface area contributed by atoms with Crippen LogP contribution in [0.4, 0.5) is 0 Å². The number of hydrogen-bond donors (Lipinski definition) is 0. The third-order valence-corrected chi connectivity index (χ3v) is 3.70. The second-order valence-corrected chi connectivity index (χ2v) is 5.10. The Balaban J connectivity index is 2.27. The molecular weight excluding hydrogens is 230 g/mol. The first-order chi connectivity index (χ1) is 7.15. The Bertz CT molecular complexity index is 263. The molecule has 0 N–H and O–H groups in total. The van der Waals surface area contributed by atoms with E-state index in [4.69, 9.17) is 12.2 Å². The summed E-state index contributed by atoms with van der Waals surface area (Å²) < 4.78 is 0.614. The molecule has 5 heteroatoms. The fourth-order valence-electron chi connectivity index (χ4n) is 1.33. The first kappa shape index (κ1) is 12.6. The van der Waals surface area contributed by atoms with Gasteiger partial charge in [0.1, 0.15) is 10.1 Å². The number of thiocarbonyl (C=S) groups is 1. The Kier molecular flexibility index (Phi) is 5.25. The maximum Gasteiger partial charge on any atom is 0.238 e. The Labute approximate surface area is 99.6 Å². The summed E-state index contributed by atoms with van der Waals surface area (Å²) in [6.07, 6.45) is 3.03. The van der Waals surface area contributed by atoms with E-state index in [2.05, 4.69) is 6.92 Å². The maximum absolute atomic E-state index is 11.4. The van der Waals surface area contributed by atoms with Crippen molar-refractivity contribution in [3.63, 3.8) is 0 Å². The summed E-state index contributed by atoms with van der Waals surface area (Å²) in [6, 6.07) is 0. The van der Waals surface area contributed by atoms with Crippen LogP contribution in [-0.4, -0.2) is 33.2 Å². The number of thioether (sulfide) groups is 1.